The highest BCUT2D eigenvalue weighted by atomic mass is 127. The van der Waals surface area contributed by atoms with Crippen molar-refractivity contribution in [1.82, 2.24) is 10.2 Å². The lowest BCUT2D eigenvalue weighted by Crippen LogP contribution is -2.13. The second kappa shape index (κ2) is 6.53. The number of carbonyl (C=O) groups excluding carboxylic acids is 1. The fraction of sp³-hybridized carbons (Fsp3) is 0. The minimum atomic E-state index is -0.324. The molecule has 2 heterocycles. The maximum absolute atomic E-state index is 12.2. The van der Waals surface area contributed by atoms with Crippen LogP contribution >= 0.6 is 57.1 Å². The molecule has 1 N–H and O–H groups in total. The Bertz CT molecular complexity index is 849. The number of hydrogen-bond acceptors (Lipinski definition) is 5. The Kier molecular flexibility index (Phi) is 4.67. The third-order valence-electron chi connectivity index (χ3n) is 2.65. The third-order valence-corrected chi connectivity index (χ3v) is 5.08. The van der Waals surface area contributed by atoms with Crippen LogP contribution in [0.4, 0.5) is 6.01 Å². The molecule has 22 heavy (non-hydrogen) atoms. The van der Waals surface area contributed by atoms with E-state index in [1.165, 1.54) is 11.3 Å². The van der Waals surface area contributed by atoms with Crippen molar-refractivity contribution in [2.24, 2.45) is 0 Å². The van der Waals surface area contributed by atoms with Crippen LogP contribution in [0.25, 0.3) is 11.5 Å². The first kappa shape index (κ1) is 15.7. The van der Waals surface area contributed by atoms with Gasteiger partial charge in [-0.1, -0.05) is 40.4 Å². The van der Waals surface area contributed by atoms with Gasteiger partial charge in [-0.25, -0.2) is 0 Å². The van der Waals surface area contributed by atoms with Gasteiger partial charge in [0.2, 0.25) is 0 Å². The highest BCUT2D eigenvalue weighted by Gasteiger charge is 2.17. The molecule has 0 aliphatic rings. The summed E-state index contributed by atoms with van der Waals surface area (Å²) < 4.78 is 7.19. The van der Waals surface area contributed by atoms with Crippen molar-refractivity contribution in [1.29, 1.82) is 0 Å². The summed E-state index contributed by atoms with van der Waals surface area (Å²) in [5.74, 6) is -0.124. The molecule has 0 radical (unpaired) electrons. The number of halogens is 3. The lowest BCUT2D eigenvalue weighted by atomic mass is 10.2. The van der Waals surface area contributed by atoms with Gasteiger partial charge in [0.15, 0.2) is 0 Å². The molecule has 1 aromatic carbocycles. The summed E-state index contributed by atoms with van der Waals surface area (Å²) in [5.41, 5.74) is 1.07. The minimum absolute atomic E-state index is 0.00181. The molecule has 0 aliphatic heterocycles. The van der Waals surface area contributed by atoms with Gasteiger partial charge in [0.1, 0.15) is 4.34 Å². The Morgan fingerprint density at radius 2 is 2.05 bits per heavy atom. The van der Waals surface area contributed by atoms with Gasteiger partial charge in [0.05, 0.1) is 15.5 Å². The van der Waals surface area contributed by atoms with Crippen molar-refractivity contribution in [3.63, 3.8) is 0 Å². The number of amides is 1. The zero-order valence-corrected chi connectivity index (χ0v) is 15.1. The molecule has 3 aromatic rings. The molecule has 2 aromatic heterocycles. The highest BCUT2D eigenvalue weighted by Crippen LogP contribution is 2.37. The molecule has 1 amide bonds. The summed E-state index contributed by atoms with van der Waals surface area (Å²) in [5, 5.41) is 10.2. The zero-order chi connectivity index (χ0) is 15.7. The first-order valence-corrected chi connectivity index (χ1v) is 8.54. The van der Waals surface area contributed by atoms with Crippen LogP contribution in [0.15, 0.2) is 34.7 Å². The monoisotopic (exact) mass is 465 g/mol. The second-order valence-electron chi connectivity index (χ2n) is 4.08. The number of nitrogens with one attached hydrogen (secondary N) is 1. The number of benzene rings is 1. The van der Waals surface area contributed by atoms with Crippen LogP contribution < -0.4 is 5.32 Å². The van der Waals surface area contributed by atoms with E-state index in [2.05, 4.69) is 38.1 Å². The fourth-order valence-corrected chi connectivity index (χ4v) is 3.76. The van der Waals surface area contributed by atoms with E-state index in [-0.39, 0.29) is 17.8 Å². The molecule has 3 rings (SSSR count). The van der Waals surface area contributed by atoms with Crippen molar-refractivity contribution < 1.29 is 9.21 Å². The SMILES string of the molecule is O=C(Nc1nnc(-c2cc(Cl)sc2Cl)o1)c1ccccc1I. The fourth-order valence-electron chi connectivity index (χ4n) is 1.68. The molecule has 0 atom stereocenters. The quantitative estimate of drug-likeness (QED) is 0.555. The number of hydrogen-bond donors (Lipinski definition) is 1. The summed E-state index contributed by atoms with van der Waals surface area (Å²) in [7, 11) is 0. The van der Waals surface area contributed by atoms with Gasteiger partial charge in [-0.2, -0.15) is 0 Å². The Balaban J connectivity index is 1.82. The van der Waals surface area contributed by atoms with E-state index in [1.807, 2.05) is 12.1 Å². The molecule has 0 unspecified atom stereocenters. The van der Waals surface area contributed by atoms with Crippen molar-refractivity contribution in [3.8, 4) is 11.5 Å². The summed E-state index contributed by atoms with van der Waals surface area (Å²) in [6.45, 7) is 0. The molecule has 112 valence electrons. The first-order chi connectivity index (χ1) is 10.5. The number of anilines is 1. The van der Waals surface area contributed by atoms with Crippen molar-refractivity contribution in [2.75, 3.05) is 5.32 Å². The Hall–Kier alpha value is -1.16. The van der Waals surface area contributed by atoms with Gasteiger partial charge < -0.3 is 4.42 Å². The molecule has 0 spiro atoms. The number of carbonyl (C=O) groups is 1. The molecule has 0 saturated carbocycles. The summed E-state index contributed by atoms with van der Waals surface area (Å²) >= 11 is 15.2. The average molecular weight is 466 g/mol. The van der Waals surface area contributed by atoms with Gasteiger partial charge in [-0.05, 0) is 40.8 Å². The predicted octanol–water partition coefficient (Wildman–Crippen LogP) is 4.96. The zero-order valence-electron chi connectivity index (χ0n) is 10.6. The molecular weight excluding hydrogens is 460 g/mol. The number of rotatable bonds is 3. The highest BCUT2D eigenvalue weighted by molar-refractivity contribution is 14.1. The Labute approximate surface area is 152 Å². The summed E-state index contributed by atoms with van der Waals surface area (Å²) in [6, 6.07) is 8.81. The van der Waals surface area contributed by atoms with Crippen LogP contribution in [0, 0.1) is 3.57 Å². The molecule has 0 fully saturated rings. The topological polar surface area (TPSA) is 68.0 Å². The van der Waals surface area contributed by atoms with Gasteiger partial charge in [0.25, 0.3) is 11.8 Å². The second-order valence-corrected chi connectivity index (χ2v) is 7.53. The van der Waals surface area contributed by atoms with Gasteiger partial charge >= 0.3 is 6.01 Å². The predicted molar refractivity (Wildman–Crippen MR) is 94.7 cm³/mol. The van der Waals surface area contributed by atoms with Crippen LogP contribution in [0.5, 0.6) is 0 Å². The van der Waals surface area contributed by atoms with Crippen LogP contribution in [-0.4, -0.2) is 16.1 Å². The van der Waals surface area contributed by atoms with Crippen LogP contribution in [0.1, 0.15) is 10.4 Å². The molecule has 0 aliphatic carbocycles. The van der Waals surface area contributed by atoms with Crippen LogP contribution in [-0.2, 0) is 0 Å². The normalized spacial score (nSPS) is 10.7. The third kappa shape index (κ3) is 3.27. The average Bonchev–Trinajstić information content (AvgIpc) is 3.05. The van der Waals surface area contributed by atoms with Crippen molar-refractivity contribution >= 4 is 69.1 Å². The largest absolute Gasteiger partial charge is 0.403 e. The van der Waals surface area contributed by atoms with E-state index in [4.69, 9.17) is 27.6 Å². The number of thiophene rings is 1. The van der Waals surface area contributed by atoms with E-state index in [0.29, 0.717) is 19.8 Å². The lowest BCUT2D eigenvalue weighted by Gasteiger charge is -2.02. The smallest absolute Gasteiger partial charge is 0.322 e. The van der Waals surface area contributed by atoms with E-state index < -0.39 is 0 Å². The Morgan fingerprint density at radius 3 is 2.73 bits per heavy atom. The first-order valence-electron chi connectivity index (χ1n) is 5.89. The molecule has 0 bridgehead atoms. The van der Waals surface area contributed by atoms with Crippen molar-refractivity contribution in [2.45, 2.75) is 0 Å². The minimum Gasteiger partial charge on any atom is -0.403 e. The molecule has 9 heteroatoms. The van der Waals surface area contributed by atoms with E-state index in [1.54, 1.807) is 18.2 Å². The summed E-state index contributed by atoms with van der Waals surface area (Å²) in [4.78, 5) is 12.2. The van der Waals surface area contributed by atoms with E-state index in [9.17, 15) is 4.79 Å². The Morgan fingerprint density at radius 1 is 1.27 bits per heavy atom. The van der Waals surface area contributed by atoms with Gasteiger partial charge in [-0.3, -0.25) is 10.1 Å². The van der Waals surface area contributed by atoms with Crippen LogP contribution in [0.3, 0.4) is 0 Å². The maximum Gasteiger partial charge on any atom is 0.322 e. The lowest BCUT2D eigenvalue weighted by molar-refractivity contribution is 0.102. The maximum atomic E-state index is 12.2. The number of aromatic nitrogens is 2. The van der Waals surface area contributed by atoms with Crippen LogP contribution in [0.2, 0.25) is 8.67 Å². The van der Waals surface area contributed by atoms with Crippen molar-refractivity contribution in [3.05, 3.63) is 48.1 Å². The van der Waals surface area contributed by atoms with E-state index >= 15 is 0 Å². The van der Waals surface area contributed by atoms with E-state index in [0.717, 1.165) is 3.57 Å². The number of nitrogens with zero attached hydrogens (tertiary/aromatic N) is 2. The molecular formula is C13H6Cl2IN3O2S. The summed E-state index contributed by atoms with van der Waals surface area (Å²) in [6.07, 6.45) is 0. The molecule has 0 saturated heterocycles. The molecule has 5 nitrogen and oxygen atoms in total. The standard InChI is InChI=1S/C13H6Cl2IN3O2S/c14-9-5-7(10(15)22-9)12-18-19-13(21-12)17-11(20)6-3-1-2-4-8(6)16/h1-5H,(H,17,19,20). The van der Waals surface area contributed by atoms with Gasteiger partial charge in [-0.15, -0.1) is 16.4 Å². The van der Waals surface area contributed by atoms with Gasteiger partial charge in [0, 0.05) is 3.57 Å².